The second kappa shape index (κ2) is 6.58. The number of methoxy groups -OCH3 is 1. The molecule has 2 rings (SSSR count). The smallest absolute Gasteiger partial charge is 0.340 e. The Morgan fingerprint density at radius 3 is 2.77 bits per heavy atom. The van der Waals surface area contributed by atoms with Crippen molar-refractivity contribution >= 4 is 21.9 Å². The quantitative estimate of drug-likeness (QED) is 0.786. The lowest BCUT2D eigenvalue weighted by molar-refractivity contribution is 0.0601. The van der Waals surface area contributed by atoms with Crippen LogP contribution < -0.4 is 9.44 Å². The number of carbonyl (C=O) groups is 1. The number of rotatable bonds is 6. The second-order valence-electron chi connectivity index (χ2n) is 4.19. The summed E-state index contributed by atoms with van der Waals surface area (Å²) in [5, 5.41) is 0. The Morgan fingerprint density at radius 1 is 1.36 bits per heavy atom. The minimum Gasteiger partial charge on any atom is -0.468 e. The number of nitrogens with one attached hydrogen (secondary N) is 2. The number of hydrogen-bond donors (Lipinski definition) is 2. The van der Waals surface area contributed by atoms with Crippen LogP contribution in [-0.2, 0) is 21.5 Å². The maximum Gasteiger partial charge on any atom is 0.340 e. The van der Waals surface area contributed by atoms with Crippen molar-refractivity contribution in [2.75, 3.05) is 11.8 Å². The lowest BCUT2D eigenvalue weighted by Gasteiger charge is -2.11. The van der Waals surface area contributed by atoms with Crippen LogP contribution in [0.4, 0.5) is 10.1 Å². The highest BCUT2D eigenvalue weighted by Gasteiger charge is 2.18. The molecule has 118 valence electrons. The van der Waals surface area contributed by atoms with Gasteiger partial charge in [0.1, 0.15) is 11.6 Å². The summed E-state index contributed by atoms with van der Waals surface area (Å²) in [4.78, 5) is 11.6. The van der Waals surface area contributed by atoms with Crippen molar-refractivity contribution in [1.29, 1.82) is 0 Å². The standard InChI is InChI=1S/C13H13FN2O5S/c1-20-13(17)11-7-9(14)4-5-12(11)16-22(18,19)15-8-10-3-2-6-21-10/h2-7,15-16H,8H2,1H3. The van der Waals surface area contributed by atoms with Gasteiger partial charge in [0.15, 0.2) is 0 Å². The third kappa shape index (κ3) is 4.06. The number of anilines is 1. The highest BCUT2D eigenvalue weighted by atomic mass is 32.2. The van der Waals surface area contributed by atoms with E-state index in [1.54, 1.807) is 12.1 Å². The van der Waals surface area contributed by atoms with Gasteiger partial charge in [0, 0.05) is 0 Å². The van der Waals surface area contributed by atoms with Crippen molar-refractivity contribution < 1.29 is 26.8 Å². The van der Waals surface area contributed by atoms with Gasteiger partial charge in [-0.3, -0.25) is 4.72 Å². The first-order valence-corrected chi connectivity index (χ1v) is 7.57. The summed E-state index contributed by atoms with van der Waals surface area (Å²) in [7, 11) is -2.87. The first-order valence-electron chi connectivity index (χ1n) is 6.09. The van der Waals surface area contributed by atoms with Gasteiger partial charge in [-0.1, -0.05) is 0 Å². The number of benzene rings is 1. The zero-order valence-corrected chi connectivity index (χ0v) is 12.3. The second-order valence-corrected chi connectivity index (χ2v) is 5.69. The molecular formula is C13H13FN2O5S. The van der Waals surface area contributed by atoms with E-state index in [4.69, 9.17) is 4.42 Å². The van der Waals surface area contributed by atoms with Crippen molar-refractivity contribution in [1.82, 2.24) is 4.72 Å². The number of ether oxygens (including phenoxy) is 1. The predicted molar refractivity (Wildman–Crippen MR) is 75.8 cm³/mol. The van der Waals surface area contributed by atoms with Crippen LogP contribution in [0.15, 0.2) is 41.0 Å². The molecule has 0 atom stereocenters. The fourth-order valence-electron chi connectivity index (χ4n) is 1.64. The molecule has 0 spiro atoms. The molecule has 0 fully saturated rings. The molecule has 2 N–H and O–H groups in total. The molecule has 0 aliphatic carbocycles. The van der Waals surface area contributed by atoms with E-state index in [1.165, 1.54) is 6.26 Å². The van der Waals surface area contributed by atoms with Gasteiger partial charge in [0.05, 0.1) is 31.2 Å². The monoisotopic (exact) mass is 328 g/mol. The van der Waals surface area contributed by atoms with Gasteiger partial charge in [-0.25, -0.2) is 9.18 Å². The Hall–Kier alpha value is -2.39. The van der Waals surface area contributed by atoms with Crippen molar-refractivity contribution in [2.24, 2.45) is 0 Å². The molecule has 0 saturated carbocycles. The zero-order valence-electron chi connectivity index (χ0n) is 11.5. The molecule has 22 heavy (non-hydrogen) atoms. The maximum atomic E-state index is 13.2. The predicted octanol–water partition coefficient (Wildman–Crippen LogP) is 1.65. The molecule has 1 heterocycles. The van der Waals surface area contributed by atoms with Crippen molar-refractivity contribution in [2.45, 2.75) is 6.54 Å². The molecule has 7 nitrogen and oxygen atoms in total. The fraction of sp³-hybridized carbons (Fsp3) is 0.154. The molecule has 0 bridgehead atoms. The lowest BCUT2D eigenvalue weighted by atomic mass is 10.2. The first-order chi connectivity index (χ1) is 10.4. The van der Waals surface area contributed by atoms with Gasteiger partial charge < -0.3 is 9.15 Å². The first kappa shape index (κ1) is 16.0. The summed E-state index contributed by atoms with van der Waals surface area (Å²) in [6.45, 7) is -0.0723. The highest BCUT2D eigenvalue weighted by Crippen LogP contribution is 2.19. The topological polar surface area (TPSA) is 97.6 Å². The van der Waals surface area contributed by atoms with E-state index in [0.29, 0.717) is 5.76 Å². The van der Waals surface area contributed by atoms with Crippen LogP contribution >= 0.6 is 0 Å². The Morgan fingerprint density at radius 2 is 2.14 bits per heavy atom. The van der Waals surface area contributed by atoms with Crippen molar-refractivity contribution in [3.63, 3.8) is 0 Å². The van der Waals surface area contributed by atoms with E-state index in [-0.39, 0.29) is 17.8 Å². The van der Waals surface area contributed by atoms with Crippen LogP contribution in [0.1, 0.15) is 16.1 Å². The van der Waals surface area contributed by atoms with Crippen molar-refractivity contribution in [3.8, 4) is 0 Å². The van der Waals surface area contributed by atoms with Crippen LogP contribution in [0.5, 0.6) is 0 Å². The van der Waals surface area contributed by atoms with E-state index in [9.17, 15) is 17.6 Å². The molecule has 0 saturated heterocycles. The molecule has 0 radical (unpaired) electrons. The van der Waals surface area contributed by atoms with Crippen LogP contribution in [-0.4, -0.2) is 21.5 Å². The van der Waals surface area contributed by atoms with E-state index < -0.39 is 22.0 Å². The molecule has 1 aromatic heterocycles. The van der Waals surface area contributed by atoms with E-state index in [0.717, 1.165) is 25.3 Å². The number of hydrogen-bond acceptors (Lipinski definition) is 5. The third-order valence-corrected chi connectivity index (χ3v) is 3.66. The summed E-state index contributed by atoms with van der Waals surface area (Å²) in [5.74, 6) is -1.13. The molecule has 1 aromatic carbocycles. The highest BCUT2D eigenvalue weighted by molar-refractivity contribution is 7.90. The normalized spacial score (nSPS) is 11.2. The number of furan rings is 1. The number of carbonyl (C=O) groups excluding carboxylic acids is 1. The Bertz CT molecular complexity index is 759. The van der Waals surface area contributed by atoms with Gasteiger partial charge in [-0.05, 0) is 30.3 Å². The van der Waals surface area contributed by atoms with E-state index >= 15 is 0 Å². The minimum atomic E-state index is -3.98. The Balaban J connectivity index is 2.16. The lowest BCUT2D eigenvalue weighted by Crippen LogP contribution is -2.30. The average molecular weight is 328 g/mol. The number of halogens is 1. The minimum absolute atomic E-state index is 0.0723. The summed E-state index contributed by atoms with van der Waals surface area (Å²) in [5.41, 5.74) is -0.328. The summed E-state index contributed by atoms with van der Waals surface area (Å²) in [6, 6.07) is 6.26. The molecule has 0 amide bonds. The largest absolute Gasteiger partial charge is 0.468 e. The summed E-state index contributed by atoms with van der Waals surface area (Å²) >= 11 is 0. The van der Waals surface area contributed by atoms with Gasteiger partial charge >= 0.3 is 5.97 Å². The van der Waals surface area contributed by atoms with Gasteiger partial charge in [0.2, 0.25) is 0 Å². The molecule has 0 aliphatic heterocycles. The Kier molecular flexibility index (Phi) is 4.78. The van der Waals surface area contributed by atoms with Crippen molar-refractivity contribution in [3.05, 3.63) is 53.7 Å². The van der Waals surface area contributed by atoms with Gasteiger partial charge in [-0.2, -0.15) is 13.1 Å². The molecule has 2 aromatic rings. The van der Waals surface area contributed by atoms with Gasteiger partial charge in [0.25, 0.3) is 10.2 Å². The SMILES string of the molecule is COC(=O)c1cc(F)ccc1NS(=O)(=O)NCc1ccco1. The van der Waals surface area contributed by atoms with Crippen LogP contribution in [0.25, 0.3) is 0 Å². The zero-order chi connectivity index (χ0) is 16.2. The summed E-state index contributed by atoms with van der Waals surface area (Å²) < 4.78 is 50.9. The number of esters is 1. The van der Waals surface area contributed by atoms with Crippen LogP contribution in [0.2, 0.25) is 0 Å². The molecule has 0 aliphatic rings. The summed E-state index contributed by atoms with van der Waals surface area (Å²) in [6.07, 6.45) is 1.41. The van der Waals surface area contributed by atoms with E-state index in [2.05, 4.69) is 14.2 Å². The molecule has 0 unspecified atom stereocenters. The van der Waals surface area contributed by atoms with E-state index in [1.807, 2.05) is 0 Å². The fourth-order valence-corrected chi connectivity index (χ4v) is 2.52. The van der Waals surface area contributed by atoms with Crippen LogP contribution in [0.3, 0.4) is 0 Å². The molecular weight excluding hydrogens is 315 g/mol. The van der Waals surface area contributed by atoms with Gasteiger partial charge in [-0.15, -0.1) is 0 Å². The van der Waals surface area contributed by atoms with Crippen LogP contribution in [0, 0.1) is 5.82 Å². The maximum absolute atomic E-state index is 13.2. The third-order valence-electron chi connectivity index (χ3n) is 2.65. The average Bonchev–Trinajstić information content (AvgIpc) is 2.99. The molecule has 9 heteroatoms. The Labute approximate surface area is 126 Å².